The normalized spacial score (nSPS) is 12.1. The summed E-state index contributed by atoms with van der Waals surface area (Å²) in [7, 11) is 7.54. The summed E-state index contributed by atoms with van der Waals surface area (Å²) in [5.41, 5.74) is 2.51. The SMILES string of the molecule is Cc1ccc(SCCC(c2ccc(OC(=O)N(C)C)cc2)N(C)C)cc1. The van der Waals surface area contributed by atoms with Crippen LogP contribution < -0.4 is 4.74 Å². The second-order valence-electron chi connectivity index (χ2n) is 6.76. The first-order chi connectivity index (χ1) is 12.4. The van der Waals surface area contributed by atoms with Gasteiger partial charge in [-0.25, -0.2) is 4.79 Å². The summed E-state index contributed by atoms with van der Waals surface area (Å²) in [6.07, 6.45) is 0.680. The van der Waals surface area contributed by atoms with E-state index in [0.717, 1.165) is 12.2 Å². The highest BCUT2D eigenvalue weighted by molar-refractivity contribution is 7.99. The van der Waals surface area contributed by atoms with Gasteiger partial charge in [-0.2, -0.15) is 0 Å². The summed E-state index contributed by atoms with van der Waals surface area (Å²) in [6, 6.07) is 16.8. The molecule has 140 valence electrons. The van der Waals surface area contributed by atoms with Crippen molar-refractivity contribution in [3.05, 3.63) is 59.7 Å². The summed E-state index contributed by atoms with van der Waals surface area (Å²) < 4.78 is 5.29. The van der Waals surface area contributed by atoms with Gasteiger partial charge in [0.1, 0.15) is 5.75 Å². The second kappa shape index (κ2) is 9.64. The van der Waals surface area contributed by atoms with Crippen molar-refractivity contribution in [1.82, 2.24) is 9.80 Å². The molecule has 2 rings (SSSR count). The second-order valence-corrected chi connectivity index (χ2v) is 7.93. The molecule has 26 heavy (non-hydrogen) atoms. The zero-order valence-electron chi connectivity index (χ0n) is 16.2. The first kappa shape index (κ1) is 20.3. The van der Waals surface area contributed by atoms with Gasteiger partial charge < -0.3 is 14.5 Å². The van der Waals surface area contributed by atoms with Crippen LogP contribution in [0.5, 0.6) is 5.75 Å². The number of amides is 1. The third kappa shape index (κ3) is 6.07. The minimum Gasteiger partial charge on any atom is -0.410 e. The number of ether oxygens (including phenoxy) is 1. The van der Waals surface area contributed by atoms with Crippen LogP contribution in [0.4, 0.5) is 4.79 Å². The molecule has 0 saturated carbocycles. The first-order valence-corrected chi connectivity index (χ1v) is 9.70. The highest BCUT2D eigenvalue weighted by Gasteiger charge is 2.15. The number of rotatable bonds is 7. The lowest BCUT2D eigenvalue weighted by molar-refractivity contribution is 0.172. The van der Waals surface area contributed by atoms with Gasteiger partial charge in [0.25, 0.3) is 0 Å². The fourth-order valence-corrected chi connectivity index (χ4v) is 3.50. The van der Waals surface area contributed by atoms with Crippen molar-refractivity contribution in [3.8, 4) is 5.75 Å². The third-order valence-corrected chi connectivity index (χ3v) is 5.18. The van der Waals surface area contributed by atoms with E-state index in [4.69, 9.17) is 4.74 Å². The third-order valence-electron chi connectivity index (χ3n) is 4.14. The van der Waals surface area contributed by atoms with Crippen molar-refractivity contribution in [1.29, 1.82) is 0 Å². The Morgan fingerprint density at radius 2 is 1.62 bits per heavy atom. The predicted octanol–water partition coefficient (Wildman–Crippen LogP) is 4.84. The molecule has 0 heterocycles. The van der Waals surface area contributed by atoms with Gasteiger partial charge >= 0.3 is 6.09 Å². The van der Waals surface area contributed by atoms with Crippen LogP contribution >= 0.6 is 11.8 Å². The van der Waals surface area contributed by atoms with Crippen molar-refractivity contribution in [2.24, 2.45) is 0 Å². The zero-order chi connectivity index (χ0) is 19.1. The molecule has 0 spiro atoms. The number of nitrogens with zero attached hydrogens (tertiary/aromatic N) is 2. The summed E-state index contributed by atoms with van der Waals surface area (Å²) in [6.45, 7) is 2.11. The van der Waals surface area contributed by atoms with Crippen LogP contribution in [0.15, 0.2) is 53.4 Å². The molecular formula is C21H28N2O2S. The quantitative estimate of drug-likeness (QED) is 0.651. The van der Waals surface area contributed by atoms with E-state index >= 15 is 0 Å². The molecule has 1 atom stereocenters. The van der Waals surface area contributed by atoms with Crippen LogP contribution in [0.3, 0.4) is 0 Å². The summed E-state index contributed by atoms with van der Waals surface area (Å²) in [4.78, 5) is 16.6. The average molecular weight is 373 g/mol. The van der Waals surface area contributed by atoms with Gasteiger partial charge in [0.2, 0.25) is 0 Å². The predicted molar refractivity (Wildman–Crippen MR) is 109 cm³/mol. The minimum absolute atomic E-state index is 0.326. The van der Waals surface area contributed by atoms with Crippen molar-refractivity contribution in [2.75, 3.05) is 33.9 Å². The maximum atomic E-state index is 11.6. The van der Waals surface area contributed by atoms with Crippen LogP contribution in [-0.2, 0) is 0 Å². The van der Waals surface area contributed by atoms with E-state index in [1.165, 1.54) is 20.9 Å². The number of hydrogen-bond donors (Lipinski definition) is 0. The Morgan fingerprint density at radius 1 is 1.00 bits per heavy atom. The maximum absolute atomic E-state index is 11.6. The van der Waals surface area contributed by atoms with Crippen LogP contribution in [0.25, 0.3) is 0 Å². The molecular weight excluding hydrogens is 344 g/mol. The molecule has 0 aliphatic carbocycles. The van der Waals surface area contributed by atoms with E-state index in [9.17, 15) is 4.79 Å². The molecule has 0 aliphatic heterocycles. The minimum atomic E-state index is -0.364. The van der Waals surface area contributed by atoms with Crippen LogP contribution in [-0.4, -0.2) is 49.8 Å². The molecule has 0 aromatic heterocycles. The fourth-order valence-electron chi connectivity index (χ4n) is 2.60. The number of hydrogen-bond acceptors (Lipinski definition) is 4. The number of carbonyl (C=O) groups excluding carboxylic acids is 1. The van der Waals surface area contributed by atoms with Gasteiger partial charge in [0.15, 0.2) is 0 Å². The molecule has 1 unspecified atom stereocenters. The van der Waals surface area contributed by atoms with E-state index in [2.05, 4.69) is 50.2 Å². The zero-order valence-corrected chi connectivity index (χ0v) is 17.0. The lowest BCUT2D eigenvalue weighted by Crippen LogP contribution is -2.25. The van der Waals surface area contributed by atoms with Gasteiger partial charge in [0, 0.05) is 25.0 Å². The Bertz CT molecular complexity index is 697. The van der Waals surface area contributed by atoms with Crippen LogP contribution in [0.1, 0.15) is 23.6 Å². The number of carbonyl (C=O) groups is 1. The standard InChI is InChI=1S/C21H28N2O2S/c1-16-6-12-19(13-7-16)26-15-14-20(22(2)3)17-8-10-18(11-9-17)25-21(24)23(4)5/h6-13,20H,14-15H2,1-5H3. The smallest absolute Gasteiger partial charge is 0.410 e. The van der Waals surface area contributed by atoms with Gasteiger partial charge in [-0.05, 0) is 63.0 Å². The maximum Gasteiger partial charge on any atom is 0.414 e. The molecule has 0 fully saturated rings. The highest BCUT2D eigenvalue weighted by Crippen LogP contribution is 2.28. The summed E-state index contributed by atoms with van der Waals surface area (Å²) >= 11 is 1.88. The average Bonchev–Trinajstić information content (AvgIpc) is 2.61. The van der Waals surface area contributed by atoms with Crippen molar-refractivity contribution < 1.29 is 9.53 Å². The lowest BCUT2D eigenvalue weighted by atomic mass is 10.0. The monoisotopic (exact) mass is 372 g/mol. The van der Waals surface area contributed by atoms with Crippen LogP contribution in [0, 0.1) is 6.92 Å². The van der Waals surface area contributed by atoms with E-state index in [0.29, 0.717) is 11.8 Å². The van der Waals surface area contributed by atoms with Crippen molar-refractivity contribution >= 4 is 17.9 Å². The van der Waals surface area contributed by atoms with Gasteiger partial charge in [-0.3, -0.25) is 0 Å². The number of aryl methyl sites for hydroxylation is 1. The van der Waals surface area contributed by atoms with Crippen molar-refractivity contribution in [2.45, 2.75) is 24.3 Å². The molecule has 0 saturated heterocycles. The highest BCUT2D eigenvalue weighted by atomic mass is 32.2. The van der Waals surface area contributed by atoms with E-state index < -0.39 is 0 Å². The lowest BCUT2D eigenvalue weighted by Gasteiger charge is -2.25. The van der Waals surface area contributed by atoms with Gasteiger partial charge in [-0.15, -0.1) is 11.8 Å². The Labute approximate surface area is 161 Å². The van der Waals surface area contributed by atoms with Crippen molar-refractivity contribution in [3.63, 3.8) is 0 Å². The fraction of sp³-hybridized carbons (Fsp3) is 0.381. The number of benzene rings is 2. The van der Waals surface area contributed by atoms with E-state index in [-0.39, 0.29) is 6.09 Å². The number of thioether (sulfide) groups is 1. The van der Waals surface area contributed by atoms with Gasteiger partial charge in [-0.1, -0.05) is 29.8 Å². The molecule has 4 nitrogen and oxygen atoms in total. The summed E-state index contributed by atoms with van der Waals surface area (Å²) in [5.74, 6) is 1.61. The first-order valence-electron chi connectivity index (χ1n) is 8.72. The largest absolute Gasteiger partial charge is 0.414 e. The van der Waals surface area contributed by atoms with E-state index in [1.807, 2.05) is 36.0 Å². The summed E-state index contributed by atoms with van der Waals surface area (Å²) in [5, 5.41) is 0. The Morgan fingerprint density at radius 3 is 2.15 bits per heavy atom. The molecule has 0 aliphatic rings. The Balaban J connectivity index is 1.95. The topological polar surface area (TPSA) is 32.8 Å². The Hall–Kier alpha value is -1.98. The Kier molecular flexibility index (Phi) is 7.54. The molecule has 1 amide bonds. The molecule has 2 aromatic carbocycles. The molecule has 0 bridgehead atoms. The molecule has 0 radical (unpaired) electrons. The van der Waals surface area contributed by atoms with Crippen LogP contribution in [0.2, 0.25) is 0 Å². The molecule has 5 heteroatoms. The molecule has 0 N–H and O–H groups in total. The molecule has 2 aromatic rings. The van der Waals surface area contributed by atoms with Gasteiger partial charge in [0.05, 0.1) is 0 Å². The van der Waals surface area contributed by atoms with E-state index in [1.54, 1.807) is 14.1 Å².